The zero-order valence-corrected chi connectivity index (χ0v) is 21.1. The fourth-order valence-electron chi connectivity index (χ4n) is 4.27. The number of hydrogen-bond donors (Lipinski definition) is 2. The lowest BCUT2D eigenvalue weighted by atomic mass is 10.1. The van der Waals surface area contributed by atoms with E-state index in [9.17, 15) is 32.3 Å². The Hall–Kier alpha value is -3.32. The molecule has 0 radical (unpaired) electrons. The van der Waals surface area contributed by atoms with Crippen LogP contribution in [0.2, 0.25) is 0 Å². The van der Waals surface area contributed by atoms with Crippen LogP contribution in [0.1, 0.15) is 49.1 Å². The van der Waals surface area contributed by atoms with Gasteiger partial charge in [-0.2, -0.15) is 18.3 Å². The number of rotatable bonds is 9. The first kappa shape index (κ1) is 26.3. The highest BCUT2D eigenvalue weighted by molar-refractivity contribution is 7.46. The molecule has 15 heteroatoms. The third-order valence-corrected chi connectivity index (χ3v) is 6.57. The zero-order chi connectivity index (χ0) is 27.2. The van der Waals surface area contributed by atoms with Crippen LogP contribution in [0.25, 0.3) is 22.6 Å². The molecule has 0 amide bonds. The summed E-state index contributed by atoms with van der Waals surface area (Å²) in [6, 6.07) is 4.87. The molecular weight excluding hydrogens is 528 g/mol. The summed E-state index contributed by atoms with van der Waals surface area (Å²) in [6.07, 6.45) is 0.890. The molecule has 0 spiro atoms. The monoisotopic (exact) mass is 552 g/mol. The van der Waals surface area contributed by atoms with Crippen molar-refractivity contribution in [2.24, 2.45) is 0 Å². The second kappa shape index (κ2) is 9.77. The molecule has 0 saturated heterocycles. The predicted molar refractivity (Wildman–Crippen MR) is 129 cm³/mol. The van der Waals surface area contributed by atoms with Crippen LogP contribution in [0.3, 0.4) is 0 Å². The molecular formula is C23H24F3N6O5P. The quantitative estimate of drug-likeness (QED) is 0.299. The first-order valence-electron chi connectivity index (χ1n) is 11.8. The Morgan fingerprint density at radius 2 is 1.95 bits per heavy atom. The third-order valence-electron chi connectivity index (χ3n) is 6.12. The molecule has 2 N–H and O–H groups in total. The van der Waals surface area contributed by atoms with Crippen molar-refractivity contribution in [3.63, 3.8) is 0 Å². The van der Waals surface area contributed by atoms with Crippen LogP contribution < -0.4 is 5.56 Å². The van der Waals surface area contributed by atoms with Gasteiger partial charge in [-0.3, -0.25) is 23.1 Å². The lowest BCUT2D eigenvalue weighted by molar-refractivity contribution is -0.137. The highest BCUT2D eigenvalue weighted by Gasteiger charge is 2.32. The maximum atomic E-state index is 13.4. The van der Waals surface area contributed by atoms with Gasteiger partial charge < -0.3 is 9.79 Å². The van der Waals surface area contributed by atoms with Crippen LogP contribution in [0, 0.1) is 0 Å². The molecule has 3 heterocycles. The van der Waals surface area contributed by atoms with Gasteiger partial charge in [0.25, 0.3) is 5.56 Å². The second-order valence-corrected chi connectivity index (χ2v) is 10.3. The van der Waals surface area contributed by atoms with Crippen LogP contribution in [-0.2, 0) is 35.1 Å². The molecule has 0 aliphatic heterocycles. The van der Waals surface area contributed by atoms with E-state index in [1.807, 2.05) is 6.92 Å². The number of nitrogens with zero attached hydrogens (tertiary/aromatic N) is 6. The molecule has 1 aliphatic carbocycles. The predicted octanol–water partition coefficient (Wildman–Crippen LogP) is 3.88. The van der Waals surface area contributed by atoms with Crippen molar-refractivity contribution in [1.29, 1.82) is 0 Å². The van der Waals surface area contributed by atoms with Crippen molar-refractivity contribution in [1.82, 2.24) is 28.9 Å². The first-order chi connectivity index (χ1) is 17.9. The summed E-state index contributed by atoms with van der Waals surface area (Å²) in [4.78, 5) is 41.1. The summed E-state index contributed by atoms with van der Waals surface area (Å²) >= 11 is 0. The van der Waals surface area contributed by atoms with E-state index < -0.39 is 26.3 Å². The summed E-state index contributed by atoms with van der Waals surface area (Å²) in [7, 11) is -4.88. The van der Waals surface area contributed by atoms with Crippen molar-refractivity contribution < 1.29 is 32.0 Å². The van der Waals surface area contributed by atoms with E-state index >= 15 is 0 Å². The second-order valence-electron chi connectivity index (χ2n) is 9.11. The Bertz CT molecular complexity index is 1600. The van der Waals surface area contributed by atoms with Crippen molar-refractivity contribution in [2.75, 3.05) is 0 Å². The van der Waals surface area contributed by atoms with Gasteiger partial charge in [-0.15, -0.1) is 0 Å². The Morgan fingerprint density at radius 3 is 2.61 bits per heavy atom. The minimum atomic E-state index is -4.88. The summed E-state index contributed by atoms with van der Waals surface area (Å²) in [5.74, 6) is 0.834. The molecule has 5 rings (SSSR count). The number of aromatic nitrogens is 6. The van der Waals surface area contributed by atoms with Crippen LogP contribution in [0.4, 0.5) is 13.2 Å². The fourth-order valence-corrected chi connectivity index (χ4v) is 4.53. The van der Waals surface area contributed by atoms with Gasteiger partial charge in [-0.1, -0.05) is 19.1 Å². The van der Waals surface area contributed by atoms with Crippen molar-refractivity contribution in [3.05, 3.63) is 64.0 Å². The van der Waals surface area contributed by atoms with E-state index in [0.717, 1.165) is 25.0 Å². The summed E-state index contributed by atoms with van der Waals surface area (Å²) < 4.78 is 59.8. The van der Waals surface area contributed by atoms with E-state index in [0.29, 0.717) is 29.9 Å². The summed E-state index contributed by atoms with van der Waals surface area (Å²) in [5.41, 5.74) is -0.285. The number of phosphoric acid groups is 1. The number of imidazole rings is 1. The summed E-state index contributed by atoms with van der Waals surface area (Å²) in [5, 5.41) is 4.21. The van der Waals surface area contributed by atoms with E-state index in [1.54, 1.807) is 10.6 Å². The van der Waals surface area contributed by atoms with Crippen molar-refractivity contribution >= 4 is 19.0 Å². The highest BCUT2D eigenvalue weighted by Crippen LogP contribution is 2.40. The van der Waals surface area contributed by atoms with Crippen molar-refractivity contribution in [2.45, 2.75) is 58.1 Å². The molecule has 0 atom stereocenters. The number of halogens is 3. The van der Waals surface area contributed by atoms with Crippen LogP contribution in [0.15, 0.2) is 41.5 Å². The van der Waals surface area contributed by atoms with Gasteiger partial charge in [-0.25, -0.2) is 14.5 Å². The Morgan fingerprint density at radius 1 is 1.18 bits per heavy atom. The largest absolute Gasteiger partial charge is 0.471 e. The van der Waals surface area contributed by atoms with Gasteiger partial charge in [0.15, 0.2) is 11.2 Å². The Kier molecular flexibility index (Phi) is 6.76. The molecule has 1 saturated carbocycles. The molecule has 1 fully saturated rings. The van der Waals surface area contributed by atoms with Crippen LogP contribution in [0.5, 0.6) is 0 Å². The molecule has 0 bridgehead atoms. The minimum Gasteiger partial charge on any atom is -0.303 e. The van der Waals surface area contributed by atoms with Gasteiger partial charge in [0.05, 0.1) is 23.9 Å². The van der Waals surface area contributed by atoms with Crippen LogP contribution in [-0.4, -0.2) is 38.7 Å². The highest BCUT2D eigenvalue weighted by atomic mass is 31.2. The number of phosphoric ester groups is 1. The topological polar surface area (TPSA) is 137 Å². The summed E-state index contributed by atoms with van der Waals surface area (Å²) in [6.45, 7) is 1.77. The van der Waals surface area contributed by atoms with Gasteiger partial charge in [-0.05, 0) is 37.0 Å². The van der Waals surface area contributed by atoms with Gasteiger partial charge >= 0.3 is 14.0 Å². The van der Waals surface area contributed by atoms with Gasteiger partial charge in [0.2, 0.25) is 0 Å². The number of fused-ring (bicyclic) bond motifs is 1. The molecule has 1 aliphatic rings. The lowest BCUT2D eigenvalue weighted by Gasteiger charge is -2.12. The molecule has 202 valence electrons. The zero-order valence-electron chi connectivity index (χ0n) is 20.2. The van der Waals surface area contributed by atoms with Gasteiger partial charge in [0, 0.05) is 18.7 Å². The standard InChI is InChI=1S/C23H24F3N6O5P/c1-2-8-31-19(15-6-7-15)29-21-18(22(31)33)28-20(32(21)13-37-38(34,35)36)16-10-27-30(12-16)11-14-4-3-5-17(9-14)23(24,25)26/h3-5,9-10,12,15H,2,6-8,11,13H2,1H3,(H2,34,35,36). The third kappa shape index (κ3) is 5.44. The number of hydrogen-bond acceptors (Lipinski definition) is 6. The average molecular weight is 552 g/mol. The maximum absolute atomic E-state index is 13.4. The Labute approximate surface area is 213 Å². The molecule has 1 aromatic carbocycles. The molecule has 11 nitrogen and oxygen atoms in total. The Balaban J connectivity index is 1.57. The van der Waals surface area contributed by atoms with E-state index in [4.69, 9.17) is 4.52 Å². The minimum absolute atomic E-state index is 0.0118. The molecule has 0 unspecified atom stereocenters. The number of alkyl halides is 3. The lowest BCUT2D eigenvalue weighted by Crippen LogP contribution is -2.25. The fraction of sp³-hybridized carbons (Fsp3) is 0.391. The average Bonchev–Trinajstić information content (AvgIpc) is 3.47. The SMILES string of the molecule is CCCn1c(C2CC2)nc2c(nc(-c3cnn(Cc4cccc(C(F)(F)F)c4)c3)n2COP(=O)(O)O)c1=O. The van der Waals surface area contributed by atoms with E-state index in [2.05, 4.69) is 15.1 Å². The van der Waals surface area contributed by atoms with Crippen molar-refractivity contribution in [3.8, 4) is 11.4 Å². The van der Waals surface area contributed by atoms with Crippen LogP contribution >= 0.6 is 7.82 Å². The van der Waals surface area contributed by atoms with Gasteiger partial charge in [0.1, 0.15) is 18.4 Å². The molecule has 38 heavy (non-hydrogen) atoms. The smallest absolute Gasteiger partial charge is 0.303 e. The number of benzene rings is 1. The van der Waals surface area contributed by atoms with E-state index in [1.165, 1.54) is 27.7 Å². The normalized spacial score (nSPS) is 14.5. The molecule has 3 aromatic heterocycles. The first-order valence-corrected chi connectivity index (χ1v) is 13.4. The maximum Gasteiger partial charge on any atom is 0.471 e. The molecule has 4 aromatic rings. The van der Waals surface area contributed by atoms with E-state index in [-0.39, 0.29) is 35.0 Å².